The Kier molecular flexibility index (Phi) is 18.4. The maximum atomic E-state index is 11.8. The second-order valence-corrected chi connectivity index (χ2v) is 13.4. The number of hydrogen-bond acceptors (Lipinski definition) is 8. The molecule has 0 saturated heterocycles. The molecule has 0 rings (SSSR count). The Bertz CT molecular complexity index is 465. The molecule has 4 N–H and O–H groups in total. The van der Waals surface area contributed by atoms with E-state index >= 15 is 0 Å². The van der Waals surface area contributed by atoms with Gasteiger partial charge >= 0.3 is 29.7 Å². The van der Waals surface area contributed by atoms with Crippen LogP contribution in [0.25, 0.3) is 0 Å². The highest BCUT2D eigenvalue weighted by Crippen LogP contribution is 2.15. The van der Waals surface area contributed by atoms with Crippen molar-refractivity contribution in [3.8, 4) is 0 Å². The molecule has 0 spiro atoms. The van der Waals surface area contributed by atoms with E-state index in [1.165, 1.54) is 0 Å². The summed E-state index contributed by atoms with van der Waals surface area (Å²) in [5, 5.41) is 11.3. The van der Waals surface area contributed by atoms with Gasteiger partial charge in [0.15, 0.2) is 0 Å². The maximum Gasteiger partial charge on any atom is 0.500 e. The van der Waals surface area contributed by atoms with Crippen molar-refractivity contribution in [1.29, 1.82) is 0 Å². The third-order valence-corrected chi connectivity index (χ3v) is 10.8. The van der Waals surface area contributed by atoms with Gasteiger partial charge in [0, 0.05) is 80.9 Å². The van der Waals surface area contributed by atoms with E-state index in [0.29, 0.717) is 51.1 Å². The topological polar surface area (TPSA) is 138 Å². The summed E-state index contributed by atoms with van der Waals surface area (Å²) in [6.07, 6.45) is 3.98. The fraction of sp³-hybridized carbons (Fsp3) is 0.895. The number of hydrogen-bond donors (Lipinski definition) is 4. The molecule has 196 valence electrons. The number of carbonyl (C=O) groups is 2. The van der Waals surface area contributed by atoms with E-state index < -0.39 is 17.6 Å². The van der Waals surface area contributed by atoms with Crippen molar-refractivity contribution < 1.29 is 36.1 Å². The van der Waals surface area contributed by atoms with Gasteiger partial charge in [-0.05, 0) is 32.1 Å². The zero-order chi connectivity index (χ0) is 25.0. The Balaban J connectivity index is 3.66. The normalized spacial score (nSPS) is 11.8. The van der Waals surface area contributed by atoms with Crippen LogP contribution in [0.3, 0.4) is 0 Å². The minimum Gasteiger partial charge on any atom is -0.377 e. The van der Waals surface area contributed by atoms with Gasteiger partial charge in [0.2, 0.25) is 0 Å². The molecule has 33 heavy (non-hydrogen) atoms. The molecular weight excluding hydrogens is 468 g/mol. The van der Waals surface area contributed by atoms with E-state index in [1.807, 2.05) is 0 Å². The lowest BCUT2D eigenvalue weighted by molar-refractivity contribution is 0.122. The fourth-order valence-corrected chi connectivity index (χ4v) is 6.53. The number of unbranched alkanes of at least 4 members (excludes halogenated alkanes) is 2. The molecule has 0 heterocycles. The van der Waals surface area contributed by atoms with Gasteiger partial charge in [0.1, 0.15) is 0 Å². The Morgan fingerprint density at radius 1 is 0.485 bits per heavy atom. The van der Waals surface area contributed by atoms with Crippen molar-refractivity contribution in [2.75, 3.05) is 68.8 Å². The zero-order valence-electron chi connectivity index (χ0n) is 21.0. The molecule has 0 aromatic carbocycles. The predicted octanol–water partition coefficient (Wildman–Crippen LogP) is 1.29. The molecule has 0 aromatic heterocycles. The second kappa shape index (κ2) is 19.1. The van der Waals surface area contributed by atoms with E-state index in [2.05, 4.69) is 21.3 Å². The van der Waals surface area contributed by atoms with Crippen molar-refractivity contribution in [3.05, 3.63) is 0 Å². The quantitative estimate of drug-likeness (QED) is 0.141. The molecule has 0 aliphatic carbocycles. The largest absolute Gasteiger partial charge is 0.500 e. The van der Waals surface area contributed by atoms with Crippen molar-refractivity contribution in [1.82, 2.24) is 21.3 Å². The van der Waals surface area contributed by atoms with Crippen molar-refractivity contribution >= 4 is 29.7 Å². The Hall–Kier alpha value is -1.27. The predicted molar refractivity (Wildman–Crippen MR) is 129 cm³/mol. The van der Waals surface area contributed by atoms with Gasteiger partial charge in [-0.3, -0.25) is 0 Å². The number of urea groups is 2. The Labute approximate surface area is 200 Å². The first-order valence-corrected chi connectivity index (χ1v) is 15.1. The van der Waals surface area contributed by atoms with Crippen LogP contribution in [-0.4, -0.2) is 98.5 Å². The molecule has 0 aliphatic heterocycles. The maximum absolute atomic E-state index is 11.8. The van der Waals surface area contributed by atoms with Crippen LogP contribution in [-0.2, 0) is 26.6 Å². The molecule has 14 heteroatoms. The van der Waals surface area contributed by atoms with Gasteiger partial charge in [-0.15, -0.1) is 0 Å². The Morgan fingerprint density at radius 2 is 0.758 bits per heavy atom. The first-order chi connectivity index (χ1) is 15.9. The van der Waals surface area contributed by atoms with Crippen molar-refractivity contribution in [3.63, 3.8) is 0 Å². The molecule has 0 fully saturated rings. The third kappa shape index (κ3) is 13.9. The summed E-state index contributed by atoms with van der Waals surface area (Å²) in [5.41, 5.74) is 0. The smallest absolute Gasteiger partial charge is 0.377 e. The number of rotatable bonds is 20. The molecule has 0 saturated carbocycles. The van der Waals surface area contributed by atoms with Crippen molar-refractivity contribution in [2.45, 2.75) is 44.2 Å². The van der Waals surface area contributed by atoms with Crippen LogP contribution < -0.4 is 21.3 Å². The average Bonchev–Trinajstić information content (AvgIpc) is 2.84. The van der Waals surface area contributed by atoms with Gasteiger partial charge < -0.3 is 47.8 Å². The summed E-state index contributed by atoms with van der Waals surface area (Å²) >= 11 is 0. The molecule has 4 amide bonds. The van der Waals surface area contributed by atoms with Crippen LogP contribution in [0.2, 0.25) is 12.1 Å². The van der Waals surface area contributed by atoms with Crippen LogP contribution >= 0.6 is 0 Å². The van der Waals surface area contributed by atoms with E-state index in [1.54, 1.807) is 42.7 Å². The molecule has 12 nitrogen and oxygen atoms in total. The Morgan fingerprint density at radius 3 is 1.03 bits per heavy atom. The fourth-order valence-electron chi connectivity index (χ4n) is 3.08. The van der Waals surface area contributed by atoms with Crippen LogP contribution in [0.5, 0.6) is 0 Å². The standard InChI is InChI=1S/C19H44N4O8Si2/c1-26-32(27-2,28-3)16-10-14-22-18(24)20-12-8-7-9-13-21-19(25)23-15-11-17-33(29-4,30-5)31-6/h7-17H2,1-6H3,(H2,20,22,24)(H2,21,23,25). The average molecular weight is 513 g/mol. The summed E-state index contributed by atoms with van der Waals surface area (Å²) in [4.78, 5) is 23.6. The second-order valence-electron chi connectivity index (χ2n) is 7.22. The molecular formula is C19H44N4O8Si2. The van der Waals surface area contributed by atoms with Crippen LogP contribution in [0.15, 0.2) is 0 Å². The summed E-state index contributed by atoms with van der Waals surface area (Å²) in [6.45, 7) is 2.19. The SMILES string of the molecule is CO[Si](CCCNC(=O)NCCCCCNC(=O)NCCC[Si](OC)(OC)OC)(OC)OC. The first-order valence-electron chi connectivity index (χ1n) is 11.2. The summed E-state index contributed by atoms with van der Waals surface area (Å²) in [6, 6.07) is 0.866. The van der Waals surface area contributed by atoms with Crippen LogP contribution in [0.1, 0.15) is 32.1 Å². The summed E-state index contributed by atoms with van der Waals surface area (Å²) in [5.74, 6) is 0. The minimum atomic E-state index is -2.58. The van der Waals surface area contributed by atoms with Gasteiger partial charge in [0.25, 0.3) is 0 Å². The highest BCUT2D eigenvalue weighted by molar-refractivity contribution is 6.60. The number of carbonyl (C=O) groups excluding carboxylic acids is 2. The third-order valence-electron chi connectivity index (χ3n) is 5.18. The lowest BCUT2D eigenvalue weighted by Crippen LogP contribution is -2.44. The molecule has 0 radical (unpaired) electrons. The highest BCUT2D eigenvalue weighted by atomic mass is 28.4. The molecule has 0 bridgehead atoms. The monoisotopic (exact) mass is 512 g/mol. The summed E-state index contributed by atoms with van der Waals surface area (Å²) < 4.78 is 32.1. The van der Waals surface area contributed by atoms with E-state index in [4.69, 9.17) is 26.6 Å². The van der Waals surface area contributed by atoms with E-state index in [0.717, 1.165) is 19.3 Å². The lowest BCUT2D eigenvalue weighted by atomic mass is 10.2. The van der Waals surface area contributed by atoms with Gasteiger partial charge in [0.05, 0.1) is 0 Å². The number of amides is 4. The summed E-state index contributed by atoms with van der Waals surface area (Å²) in [7, 11) is 4.26. The molecule has 0 unspecified atom stereocenters. The van der Waals surface area contributed by atoms with E-state index in [9.17, 15) is 9.59 Å². The van der Waals surface area contributed by atoms with Crippen molar-refractivity contribution in [2.24, 2.45) is 0 Å². The molecule has 0 aliphatic rings. The van der Waals surface area contributed by atoms with Crippen LogP contribution in [0, 0.1) is 0 Å². The molecule has 0 aromatic rings. The highest BCUT2D eigenvalue weighted by Gasteiger charge is 2.37. The van der Waals surface area contributed by atoms with Gasteiger partial charge in [-0.25, -0.2) is 9.59 Å². The molecule has 0 atom stereocenters. The van der Waals surface area contributed by atoms with Gasteiger partial charge in [-0.2, -0.15) is 0 Å². The lowest BCUT2D eigenvalue weighted by Gasteiger charge is -2.24. The van der Waals surface area contributed by atoms with Gasteiger partial charge in [-0.1, -0.05) is 0 Å². The first kappa shape index (κ1) is 31.7. The van der Waals surface area contributed by atoms with E-state index in [-0.39, 0.29) is 12.1 Å². The zero-order valence-corrected chi connectivity index (χ0v) is 23.0. The minimum absolute atomic E-state index is 0.200. The van der Waals surface area contributed by atoms with Crippen LogP contribution in [0.4, 0.5) is 9.59 Å². The number of nitrogens with one attached hydrogen (secondary N) is 4.